The van der Waals surface area contributed by atoms with Crippen molar-refractivity contribution in [1.29, 1.82) is 0 Å². The monoisotopic (exact) mass is 461 g/mol. The molecule has 0 atom stereocenters. The van der Waals surface area contributed by atoms with Crippen molar-refractivity contribution in [3.8, 4) is 28.3 Å². The van der Waals surface area contributed by atoms with E-state index in [0.29, 0.717) is 29.9 Å². The molecule has 1 N–H and O–H groups in total. The fourth-order valence-electron chi connectivity index (χ4n) is 4.16. The van der Waals surface area contributed by atoms with E-state index in [4.69, 9.17) is 4.42 Å². The molecule has 0 radical (unpaired) electrons. The molecule has 1 saturated carbocycles. The van der Waals surface area contributed by atoms with Crippen LogP contribution in [0.25, 0.3) is 22.6 Å². The molecule has 174 valence electrons. The number of benzene rings is 1. The molecule has 4 rings (SSSR count). The molecule has 3 aromatic rings. The first-order valence-electron chi connectivity index (χ1n) is 10.5. The molecule has 10 heteroatoms. The van der Waals surface area contributed by atoms with E-state index < -0.39 is 18.2 Å². The third-order valence-corrected chi connectivity index (χ3v) is 5.75. The minimum atomic E-state index is -4.92. The zero-order chi connectivity index (χ0) is 23.6. The van der Waals surface area contributed by atoms with E-state index in [1.54, 1.807) is 6.07 Å². The first kappa shape index (κ1) is 22.6. The minimum Gasteiger partial charge on any atom is -0.465 e. The summed E-state index contributed by atoms with van der Waals surface area (Å²) in [4.78, 5) is 21.5. The molecule has 1 aliphatic carbocycles. The summed E-state index contributed by atoms with van der Waals surface area (Å²) in [7, 11) is 0. The van der Waals surface area contributed by atoms with Crippen LogP contribution in [0.1, 0.15) is 32.6 Å². The number of nitrogens with zero attached hydrogens (tertiary/aromatic N) is 3. The van der Waals surface area contributed by atoms with Crippen LogP contribution in [0.15, 0.2) is 53.5 Å². The van der Waals surface area contributed by atoms with Gasteiger partial charge in [0.1, 0.15) is 12.0 Å². The Kier molecular flexibility index (Phi) is 6.26. The van der Waals surface area contributed by atoms with Crippen LogP contribution in [0.3, 0.4) is 0 Å². The van der Waals surface area contributed by atoms with Gasteiger partial charge in [-0.05, 0) is 55.9 Å². The largest absolute Gasteiger partial charge is 0.573 e. The number of ether oxygens (including phenoxy) is 1. The van der Waals surface area contributed by atoms with E-state index in [2.05, 4.69) is 21.6 Å². The molecule has 1 amide bonds. The van der Waals surface area contributed by atoms with Crippen molar-refractivity contribution in [3.05, 3.63) is 49.1 Å². The highest BCUT2D eigenvalue weighted by atomic mass is 19.4. The van der Waals surface area contributed by atoms with Gasteiger partial charge in [-0.15, -0.1) is 13.2 Å². The summed E-state index contributed by atoms with van der Waals surface area (Å²) in [6.45, 7) is 2.12. The molecule has 2 aromatic heterocycles. The number of rotatable bonds is 5. The number of hydrogen-bond donors (Lipinski definition) is 1. The molecule has 0 spiro atoms. The number of amides is 1. The number of anilines is 1. The smallest absolute Gasteiger partial charge is 0.465 e. The van der Waals surface area contributed by atoms with E-state index >= 15 is 0 Å². The van der Waals surface area contributed by atoms with Gasteiger partial charge in [-0.2, -0.15) is 0 Å². The molecule has 0 unspecified atom stereocenters. The quantitative estimate of drug-likeness (QED) is 0.475. The molecule has 1 aromatic carbocycles. The van der Waals surface area contributed by atoms with Gasteiger partial charge < -0.3 is 14.3 Å². The molecule has 33 heavy (non-hydrogen) atoms. The maximum Gasteiger partial charge on any atom is 0.573 e. The summed E-state index contributed by atoms with van der Waals surface area (Å²) < 4.78 is 48.8. The van der Waals surface area contributed by atoms with Crippen LogP contribution in [0.4, 0.5) is 23.7 Å². The topological polar surface area (TPSA) is 88.7 Å². The standard InChI is InChI=1S/C23H22F3N3O4/c1-14-2-4-17(5-3-14)29(22(30)31)18-6-7-20(33-23(24,25)26)19(11-18)15-10-16(13-27-12-15)21-28-8-9-32-21/h6-14,17H,2-5H2,1H3,(H,30,31). The maximum absolute atomic E-state index is 13.1. The van der Waals surface area contributed by atoms with Crippen LogP contribution >= 0.6 is 0 Å². The second-order valence-electron chi connectivity index (χ2n) is 8.09. The average molecular weight is 461 g/mol. The summed E-state index contributed by atoms with van der Waals surface area (Å²) in [6, 6.07) is 5.18. The summed E-state index contributed by atoms with van der Waals surface area (Å²) >= 11 is 0. The Morgan fingerprint density at radius 2 is 1.88 bits per heavy atom. The van der Waals surface area contributed by atoms with Crippen LogP contribution in [0.5, 0.6) is 5.75 Å². The number of alkyl halides is 3. The highest BCUT2D eigenvalue weighted by molar-refractivity contribution is 5.89. The van der Waals surface area contributed by atoms with Crippen LogP contribution < -0.4 is 9.64 Å². The molecule has 2 heterocycles. The Hall–Kier alpha value is -3.56. The van der Waals surface area contributed by atoms with Gasteiger partial charge in [0.25, 0.3) is 0 Å². The van der Waals surface area contributed by atoms with Gasteiger partial charge in [0.15, 0.2) is 0 Å². The minimum absolute atomic E-state index is 0.0566. The lowest BCUT2D eigenvalue weighted by atomic mass is 9.86. The summed E-state index contributed by atoms with van der Waals surface area (Å²) in [5.41, 5.74) is 1.08. The Morgan fingerprint density at radius 3 is 2.52 bits per heavy atom. The number of hydrogen-bond acceptors (Lipinski definition) is 5. The second kappa shape index (κ2) is 9.13. The molecule has 1 aliphatic rings. The van der Waals surface area contributed by atoms with Gasteiger partial charge in [-0.1, -0.05) is 6.92 Å². The van der Waals surface area contributed by atoms with Crippen molar-refractivity contribution in [2.75, 3.05) is 4.90 Å². The Morgan fingerprint density at radius 1 is 1.15 bits per heavy atom. The molecule has 0 bridgehead atoms. The number of aromatic nitrogens is 2. The zero-order valence-electron chi connectivity index (χ0n) is 17.7. The van der Waals surface area contributed by atoms with Gasteiger partial charge in [-0.25, -0.2) is 9.78 Å². The van der Waals surface area contributed by atoms with Crippen LogP contribution in [-0.4, -0.2) is 33.6 Å². The molecule has 7 nitrogen and oxygen atoms in total. The van der Waals surface area contributed by atoms with Gasteiger partial charge in [0, 0.05) is 35.2 Å². The van der Waals surface area contributed by atoms with E-state index in [1.807, 2.05) is 0 Å². The zero-order valence-corrected chi connectivity index (χ0v) is 17.7. The predicted molar refractivity (Wildman–Crippen MR) is 114 cm³/mol. The van der Waals surface area contributed by atoms with Crippen molar-refractivity contribution in [2.45, 2.75) is 45.0 Å². The van der Waals surface area contributed by atoms with Gasteiger partial charge in [0.05, 0.1) is 11.8 Å². The first-order chi connectivity index (χ1) is 15.7. The number of oxazole rings is 1. The number of carbonyl (C=O) groups is 1. The van der Waals surface area contributed by atoms with E-state index in [0.717, 1.165) is 18.9 Å². The predicted octanol–water partition coefficient (Wildman–Crippen LogP) is 6.37. The first-order valence-corrected chi connectivity index (χ1v) is 10.5. The normalized spacial score (nSPS) is 18.7. The lowest BCUT2D eigenvalue weighted by Gasteiger charge is -2.34. The number of carboxylic acid groups (broad SMARTS) is 1. The lowest BCUT2D eigenvalue weighted by Crippen LogP contribution is -2.41. The SMILES string of the molecule is CC1CCC(N(C(=O)O)c2ccc(OC(F)(F)F)c(-c3cncc(-c4ncco4)c3)c2)CC1. The van der Waals surface area contributed by atoms with Crippen molar-refractivity contribution in [3.63, 3.8) is 0 Å². The average Bonchev–Trinajstić information content (AvgIpc) is 3.30. The van der Waals surface area contributed by atoms with Crippen molar-refractivity contribution in [1.82, 2.24) is 9.97 Å². The van der Waals surface area contributed by atoms with Crippen LogP contribution in [0.2, 0.25) is 0 Å². The highest BCUT2D eigenvalue weighted by Crippen LogP contribution is 2.39. The molecule has 0 aliphatic heterocycles. The summed E-state index contributed by atoms with van der Waals surface area (Å²) in [6.07, 6.45) is 2.73. The Balaban J connectivity index is 1.78. The number of pyridine rings is 1. The maximum atomic E-state index is 13.1. The molecule has 1 fully saturated rings. The molecule has 0 saturated heterocycles. The van der Waals surface area contributed by atoms with Gasteiger partial charge in [0.2, 0.25) is 5.89 Å². The third kappa shape index (κ3) is 5.27. The van der Waals surface area contributed by atoms with E-state index in [9.17, 15) is 23.1 Å². The lowest BCUT2D eigenvalue weighted by molar-refractivity contribution is -0.274. The van der Waals surface area contributed by atoms with Crippen molar-refractivity contribution >= 4 is 11.8 Å². The van der Waals surface area contributed by atoms with Crippen LogP contribution in [-0.2, 0) is 0 Å². The Bertz CT molecular complexity index is 1110. The highest BCUT2D eigenvalue weighted by Gasteiger charge is 2.34. The van der Waals surface area contributed by atoms with E-state index in [-0.39, 0.29) is 23.2 Å². The third-order valence-electron chi connectivity index (χ3n) is 5.75. The summed E-state index contributed by atoms with van der Waals surface area (Å²) in [5.74, 6) is 0.307. The van der Waals surface area contributed by atoms with Crippen molar-refractivity contribution in [2.24, 2.45) is 5.92 Å². The number of halogens is 3. The van der Waals surface area contributed by atoms with Gasteiger partial charge >= 0.3 is 12.5 Å². The summed E-state index contributed by atoms with van der Waals surface area (Å²) in [5, 5.41) is 9.91. The fraction of sp³-hybridized carbons (Fsp3) is 0.348. The molecular formula is C23H22F3N3O4. The van der Waals surface area contributed by atoms with E-state index in [1.165, 1.54) is 41.9 Å². The van der Waals surface area contributed by atoms with Crippen molar-refractivity contribution < 1.29 is 32.2 Å². The van der Waals surface area contributed by atoms with Gasteiger partial charge in [-0.3, -0.25) is 9.88 Å². The Labute approximate surface area is 187 Å². The molecular weight excluding hydrogens is 439 g/mol. The fourth-order valence-corrected chi connectivity index (χ4v) is 4.16. The second-order valence-corrected chi connectivity index (χ2v) is 8.09. The van der Waals surface area contributed by atoms with Crippen LogP contribution in [0, 0.1) is 5.92 Å².